The van der Waals surface area contributed by atoms with Gasteiger partial charge in [0.05, 0.1) is 13.4 Å². The zero-order valence-corrected chi connectivity index (χ0v) is 14.8. The zero-order chi connectivity index (χ0) is 17.5. The van der Waals surface area contributed by atoms with Crippen LogP contribution in [0.4, 0.5) is 0 Å². The van der Waals surface area contributed by atoms with E-state index in [1.165, 1.54) is 0 Å². The monoisotopic (exact) mass is 331 g/mol. The lowest BCUT2D eigenvalue weighted by Crippen LogP contribution is -2.23. The molecule has 1 heterocycles. The van der Waals surface area contributed by atoms with Crippen LogP contribution in [0.1, 0.15) is 31.4 Å². The highest BCUT2D eigenvalue weighted by Crippen LogP contribution is 2.33. The van der Waals surface area contributed by atoms with Crippen molar-refractivity contribution in [3.8, 4) is 5.75 Å². The van der Waals surface area contributed by atoms with Crippen LogP contribution in [0.15, 0.2) is 28.9 Å². The molecule has 0 saturated carbocycles. The van der Waals surface area contributed by atoms with Crippen molar-refractivity contribution in [2.45, 2.75) is 27.2 Å². The van der Waals surface area contributed by atoms with Crippen LogP contribution in [-0.4, -0.2) is 32.8 Å². The molecule has 5 heteroatoms. The van der Waals surface area contributed by atoms with Crippen LogP contribution in [-0.2, 0) is 9.53 Å². The maximum absolute atomic E-state index is 12.1. The molecule has 0 fully saturated rings. The average molecular weight is 331 g/mol. The lowest BCUT2D eigenvalue weighted by atomic mass is 10.0. The normalized spacial score (nSPS) is 11.8. The predicted octanol–water partition coefficient (Wildman–Crippen LogP) is 3.70. The molecule has 1 amide bonds. The summed E-state index contributed by atoms with van der Waals surface area (Å²) in [6.45, 7) is 7.80. The first-order valence-electron chi connectivity index (χ1n) is 8.17. The largest absolute Gasteiger partial charge is 0.496 e. The van der Waals surface area contributed by atoms with E-state index in [4.69, 9.17) is 13.9 Å². The molecule has 0 radical (unpaired) electrons. The summed E-state index contributed by atoms with van der Waals surface area (Å²) in [5.41, 5.74) is 3.57. The smallest absolute Gasteiger partial charge is 0.244 e. The molecule has 0 unspecified atom stereocenters. The Bertz CT molecular complexity index is 730. The summed E-state index contributed by atoms with van der Waals surface area (Å²) < 4.78 is 16.2. The van der Waals surface area contributed by atoms with Crippen molar-refractivity contribution in [1.82, 2.24) is 5.32 Å². The number of methoxy groups -OCH3 is 1. The van der Waals surface area contributed by atoms with Crippen molar-refractivity contribution in [2.24, 2.45) is 0 Å². The van der Waals surface area contributed by atoms with Gasteiger partial charge in [-0.15, -0.1) is 0 Å². The van der Waals surface area contributed by atoms with E-state index in [2.05, 4.69) is 5.32 Å². The summed E-state index contributed by atoms with van der Waals surface area (Å²) in [6, 6.07) is 3.86. The molecule has 2 rings (SSSR count). The maximum Gasteiger partial charge on any atom is 0.244 e. The molecule has 130 valence electrons. The Hall–Kier alpha value is -2.27. The second-order valence-electron chi connectivity index (χ2n) is 5.64. The fourth-order valence-corrected chi connectivity index (χ4v) is 2.51. The van der Waals surface area contributed by atoms with E-state index >= 15 is 0 Å². The predicted molar refractivity (Wildman–Crippen MR) is 95.3 cm³/mol. The summed E-state index contributed by atoms with van der Waals surface area (Å²) in [5, 5.41) is 3.89. The average Bonchev–Trinajstić information content (AvgIpc) is 2.93. The summed E-state index contributed by atoms with van der Waals surface area (Å²) in [5.74, 6) is 0.574. The summed E-state index contributed by atoms with van der Waals surface area (Å²) in [7, 11) is 1.61. The van der Waals surface area contributed by atoms with Gasteiger partial charge in [-0.1, -0.05) is 0 Å². The van der Waals surface area contributed by atoms with Crippen molar-refractivity contribution in [1.29, 1.82) is 0 Å². The highest BCUT2D eigenvalue weighted by atomic mass is 16.5. The van der Waals surface area contributed by atoms with E-state index in [-0.39, 0.29) is 5.91 Å². The lowest BCUT2D eigenvalue weighted by molar-refractivity contribution is -0.116. The number of nitrogens with one attached hydrogen (secondary N) is 1. The molecule has 24 heavy (non-hydrogen) atoms. The van der Waals surface area contributed by atoms with Crippen molar-refractivity contribution < 1.29 is 18.7 Å². The number of allylic oxidation sites excluding steroid dienone is 1. The second kappa shape index (κ2) is 8.55. The fraction of sp³-hybridized carbons (Fsp3) is 0.421. The molecule has 0 spiro atoms. The fourth-order valence-electron chi connectivity index (χ4n) is 2.51. The van der Waals surface area contributed by atoms with E-state index in [0.29, 0.717) is 25.5 Å². The van der Waals surface area contributed by atoms with Crippen molar-refractivity contribution in [2.75, 3.05) is 26.9 Å². The van der Waals surface area contributed by atoms with Crippen molar-refractivity contribution in [3.05, 3.63) is 35.6 Å². The standard InChI is InChI=1S/C19H25NO4/c1-5-23-8-6-7-20-19(21)9-13(2)15-10-16-14(3)12-24-18(16)11-17(15)22-4/h9-12H,5-8H2,1-4H3,(H,20,21)/b13-9+. The number of fused-ring (bicyclic) bond motifs is 1. The third-order valence-corrected chi connectivity index (χ3v) is 3.83. The molecule has 0 atom stereocenters. The first kappa shape index (κ1) is 18.1. The Balaban J connectivity index is 2.12. The Morgan fingerprint density at radius 3 is 2.88 bits per heavy atom. The number of carbonyl (C=O) groups excluding carboxylic acids is 1. The maximum atomic E-state index is 12.1. The molecule has 0 aliphatic heterocycles. The molecule has 0 bridgehead atoms. The number of benzene rings is 1. The van der Waals surface area contributed by atoms with Crippen LogP contribution in [0.5, 0.6) is 5.75 Å². The molecule has 0 aliphatic carbocycles. The number of hydrogen-bond acceptors (Lipinski definition) is 4. The molecule has 1 aromatic heterocycles. The highest BCUT2D eigenvalue weighted by Gasteiger charge is 2.12. The van der Waals surface area contributed by atoms with Crippen LogP contribution >= 0.6 is 0 Å². The van der Waals surface area contributed by atoms with E-state index in [1.54, 1.807) is 19.4 Å². The molecule has 1 N–H and O–H groups in total. The van der Waals surface area contributed by atoms with Crippen molar-refractivity contribution in [3.63, 3.8) is 0 Å². The minimum atomic E-state index is -0.116. The van der Waals surface area contributed by atoms with Gasteiger partial charge in [-0.3, -0.25) is 4.79 Å². The Kier molecular flexibility index (Phi) is 6.44. The van der Waals surface area contributed by atoms with Gasteiger partial charge in [0, 0.05) is 42.9 Å². The van der Waals surface area contributed by atoms with Gasteiger partial charge in [0.25, 0.3) is 0 Å². The van der Waals surface area contributed by atoms with Gasteiger partial charge >= 0.3 is 0 Å². The van der Waals surface area contributed by atoms with Crippen molar-refractivity contribution >= 4 is 22.4 Å². The van der Waals surface area contributed by atoms with Crippen LogP contribution in [0.2, 0.25) is 0 Å². The van der Waals surface area contributed by atoms with E-state index < -0.39 is 0 Å². The minimum absolute atomic E-state index is 0.116. The number of carbonyl (C=O) groups is 1. The van der Waals surface area contributed by atoms with Crippen LogP contribution in [0.3, 0.4) is 0 Å². The summed E-state index contributed by atoms with van der Waals surface area (Å²) in [6.07, 6.45) is 4.12. The van der Waals surface area contributed by atoms with Gasteiger partial charge in [0.2, 0.25) is 5.91 Å². The van der Waals surface area contributed by atoms with Crippen LogP contribution < -0.4 is 10.1 Å². The zero-order valence-electron chi connectivity index (χ0n) is 14.8. The summed E-state index contributed by atoms with van der Waals surface area (Å²) in [4.78, 5) is 12.1. The van der Waals surface area contributed by atoms with Gasteiger partial charge in [-0.25, -0.2) is 0 Å². The Labute approximate surface area is 142 Å². The van der Waals surface area contributed by atoms with E-state index in [9.17, 15) is 4.79 Å². The molecule has 0 aliphatic rings. The number of rotatable bonds is 8. The topological polar surface area (TPSA) is 60.7 Å². The number of amides is 1. The second-order valence-corrected chi connectivity index (χ2v) is 5.64. The first-order chi connectivity index (χ1) is 11.6. The minimum Gasteiger partial charge on any atom is -0.496 e. The lowest BCUT2D eigenvalue weighted by Gasteiger charge is -2.10. The molecule has 0 saturated heterocycles. The molecule has 5 nitrogen and oxygen atoms in total. The number of hydrogen-bond donors (Lipinski definition) is 1. The van der Waals surface area contributed by atoms with Gasteiger partial charge in [-0.05, 0) is 44.4 Å². The SMILES string of the molecule is CCOCCCNC(=O)/C=C(\C)c1cc2c(C)coc2cc1OC. The Morgan fingerprint density at radius 2 is 2.17 bits per heavy atom. The summed E-state index contributed by atoms with van der Waals surface area (Å²) >= 11 is 0. The van der Waals surface area contributed by atoms with E-state index in [1.807, 2.05) is 32.9 Å². The number of aryl methyl sites for hydroxylation is 1. The first-order valence-corrected chi connectivity index (χ1v) is 8.17. The van der Waals surface area contributed by atoms with Gasteiger partial charge in [0.1, 0.15) is 11.3 Å². The third kappa shape index (κ3) is 4.38. The molecular weight excluding hydrogens is 306 g/mol. The third-order valence-electron chi connectivity index (χ3n) is 3.83. The molecule has 1 aromatic carbocycles. The van der Waals surface area contributed by atoms with Gasteiger partial charge in [-0.2, -0.15) is 0 Å². The van der Waals surface area contributed by atoms with Crippen LogP contribution in [0, 0.1) is 6.92 Å². The van der Waals surface area contributed by atoms with Gasteiger partial charge < -0.3 is 19.2 Å². The molecule has 2 aromatic rings. The highest BCUT2D eigenvalue weighted by molar-refractivity contribution is 5.97. The Morgan fingerprint density at radius 1 is 1.38 bits per heavy atom. The number of furan rings is 1. The number of ether oxygens (including phenoxy) is 2. The van der Waals surface area contributed by atoms with E-state index in [0.717, 1.165) is 34.1 Å². The molecular formula is C19H25NO4. The van der Waals surface area contributed by atoms with Crippen LogP contribution in [0.25, 0.3) is 16.5 Å². The van der Waals surface area contributed by atoms with Gasteiger partial charge in [0.15, 0.2) is 0 Å². The quantitative estimate of drug-likeness (QED) is 0.592.